The molecule has 2 heterocycles. The number of thioether (sulfide) groups is 1. The first-order valence-electron chi connectivity index (χ1n) is 10.5. The molecule has 0 saturated heterocycles. The molecule has 1 aliphatic heterocycles. The summed E-state index contributed by atoms with van der Waals surface area (Å²) in [7, 11) is 0. The van der Waals surface area contributed by atoms with Crippen LogP contribution in [-0.2, 0) is 4.79 Å². The molecule has 1 amide bonds. The maximum absolute atomic E-state index is 13.7. The molecule has 0 aliphatic carbocycles. The van der Waals surface area contributed by atoms with Crippen molar-refractivity contribution in [2.45, 2.75) is 11.6 Å². The number of rotatable bonds is 5. The first-order valence-corrected chi connectivity index (χ1v) is 11.9. The molecule has 0 atom stereocenters. The maximum Gasteiger partial charge on any atom is 0.266 e. The highest BCUT2D eigenvalue weighted by molar-refractivity contribution is 7.99. The van der Waals surface area contributed by atoms with Gasteiger partial charge in [0.15, 0.2) is 5.16 Å². The fourth-order valence-corrected chi connectivity index (χ4v) is 4.79. The van der Waals surface area contributed by atoms with Gasteiger partial charge >= 0.3 is 0 Å². The predicted molar refractivity (Wildman–Crippen MR) is 132 cm³/mol. The van der Waals surface area contributed by atoms with Crippen molar-refractivity contribution in [3.8, 4) is 5.69 Å². The predicted octanol–water partition coefficient (Wildman–Crippen LogP) is 4.91. The minimum atomic E-state index is -0.585. The van der Waals surface area contributed by atoms with Crippen molar-refractivity contribution in [2.24, 2.45) is 5.10 Å². The molecule has 1 aromatic heterocycles. The molecule has 9 heteroatoms. The number of amides is 1. The fraction of sp³-hybridized carbons (Fsp3) is 0.120. The summed E-state index contributed by atoms with van der Waals surface area (Å²) >= 11 is 7.10. The van der Waals surface area contributed by atoms with Crippen molar-refractivity contribution in [3.05, 3.63) is 99.6 Å². The van der Waals surface area contributed by atoms with E-state index in [1.807, 2.05) is 30.3 Å². The molecule has 4 aromatic rings. The Kier molecular flexibility index (Phi) is 6.17. The number of halogens is 2. The number of hydrogen-bond donors (Lipinski definition) is 0. The number of para-hydroxylation sites is 1. The summed E-state index contributed by atoms with van der Waals surface area (Å²) in [6.07, 6.45) is 0.674. The zero-order valence-electron chi connectivity index (χ0n) is 17.8. The Balaban J connectivity index is 1.45. The lowest BCUT2D eigenvalue weighted by Crippen LogP contribution is -2.26. The minimum Gasteiger partial charge on any atom is -0.272 e. The number of carbonyl (C=O) groups excluding carboxylic acids is 1. The van der Waals surface area contributed by atoms with Crippen molar-refractivity contribution in [1.29, 1.82) is 0 Å². The van der Waals surface area contributed by atoms with Gasteiger partial charge in [-0.15, -0.1) is 0 Å². The molecule has 0 bridgehead atoms. The third-order valence-corrected chi connectivity index (χ3v) is 6.64. The van der Waals surface area contributed by atoms with Gasteiger partial charge in [-0.1, -0.05) is 65.8 Å². The molecule has 0 unspecified atom stereocenters. The van der Waals surface area contributed by atoms with Gasteiger partial charge in [-0.3, -0.25) is 14.2 Å². The van der Waals surface area contributed by atoms with Gasteiger partial charge in [0.2, 0.25) is 0 Å². The van der Waals surface area contributed by atoms with Crippen LogP contribution < -0.4 is 5.56 Å². The van der Waals surface area contributed by atoms with E-state index in [1.54, 1.807) is 24.3 Å². The van der Waals surface area contributed by atoms with Gasteiger partial charge in [0.1, 0.15) is 5.82 Å². The largest absolute Gasteiger partial charge is 0.272 e. The summed E-state index contributed by atoms with van der Waals surface area (Å²) in [6, 6.07) is 20.7. The highest BCUT2D eigenvalue weighted by atomic mass is 35.5. The Hall–Kier alpha value is -3.49. The second-order valence-electron chi connectivity index (χ2n) is 7.62. The van der Waals surface area contributed by atoms with Gasteiger partial charge in [-0.25, -0.2) is 14.4 Å². The van der Waals surface area contributed by atoms with Crippen molar-refractivity contribution < 1.29 is 9.18 Å². The quantitative estimate of drug-likeness (QED) is 0.293. The summed E-state index contributed by atoms with van der Waals surface area (Å²) < 4.78 is 15.1. The number of hydrogen-bond acceptors (Lipinski definition) is 5. The van der Waals surface area contributed by atoms with E-state index in [-0.39, 0.29) is 22.2 Å². The van der Waals surface area contributed by atoms with Crippen LogP contribution in [0.2, 0.25) is 5.02 Å². The van der Waals surface area contributed by atoms with Crippen LogP contribution in [0.1, 0.15) is 12.0 Å². The topological polar surface area (TPSA) is 67.6 Å². The second-order valence-corrected chi connectivity index (χ2v) is 8.97. The Morgan fingerprint density at radius 2 is 1.82 bits per heavy atom. The Morgan fingerprint density at radius 3 is 2.62 bits per heavy atom. The van der Waals surface area contributed by atoms with Gasteiger partial charge in [-0.05, 0) is 35.9 Å². The first-order chi connectivity index (χ1) is 16.5. The van der Waals surface area contributed by atoms with Crippen LogP contribution >= 0.6 is 23.4 Å². The molecule has 3 aromatic carbocycles. The lowest BCUT2D eigenvalue weighted by Gasteiger charge is -2.15. The summed E-state index contributed by atoms with van der Waals surface area (Å²) in [6.45, 7) is 0.495. The number of hydrazone groups is 1. The highest BCUT2D eigenvalue weighted by Gasteiger charge is 2.23. The lowest BCUT2D eigenvalue weighted by molar-refractivity contribution is -0.127. The molecule has 34 heavy (non-hydrogen) atoms. The van der Waals surface area contributed by atoms with Gasteiger partial charge in [0, 0.05) is 6.42 Å². The second kappa shape index (κ2) is 9.40. The maximum atomic E-state index is 13.7. The van der Waals surface area contributed by atoms with Crippen LogP contribution in [0.5, 0.6) is 0 Å². The van der Waals surface area contributed by atoms with Crippen LogP contribution in [0.4, 0.5) is 4.39 Å². The van der Waals surface area contributed by atoms with Crippen LogP contribution in [0, 0.1) is 5.82 Å². The monoisotopic (exact) mass is 492 g/mol. The zero-order valence-corrected chi connectivity index (χ0v) is 19.4. The molecule has 0 radical (unpaired) electrons. The number of benzene rings is 3. The summed E-state index contributed by atoms with van der Waals surface area (Å²) in [5.41, 5.74) is 2.41. The van der Waals surface area contributed by atoms with Crippen LogP contribution in [0.25, 0.3) is 16.6 Å². The van der Waals surface area contributed by atoms with Gasteiger partial charge < -0.3 is 0 Å². The van der Waals surface area contributed by atoms with Crippen LogP contribution in [0.15, 0.2) is 87.8 Å². The fourth-order valence-electron chi connectivity index (χ4n) is 3.73. The highest BCUT2D eigenvalue weighted by Crippen LogP contribution is 2.25. The van der Waals surface area contributed by atoms with Crippen molar-refractivity contribution in [3.63, 3.8) is 0 Å². The van der Waals surface area contributed by atoms with Gasteiger partial charge in [-0.2, -0.15) is 5.10 Å². The van der Waals surface area contributed by atoms with Crippen LogP contribution in [0.3, 0.4) is 0 Å². The van der Waals surface area contributed by atoms with Gasteiger partial charge in [0.25, 0.3) is 11.5 Å². The molecular weight excluding hydrogens is 475 g/mol. The van der Waals surface area contributed by atoms with E-state index in [0.29, 0.717) is 34.7 Å². The van der Waals surface area contributed by atoms with E-state index in [9.17, 15) is 14.0 Å². The third kappa shape index (κ3) is 4.34. The first kappa shape index (κ1) is 22.3. The van der Waals surface area contributed by atoms with E-state index >= 15 is 0 Å². The van der Waals surface area contributed by atoms with E-state index in [1.165, 1.54) is 27.8 Å². The van der Waals surface area contributed by atoms with Crippen LogP contribution in [-0.4, -0.2) is 38.5 Å². The Bertz CT molecular complexity index is 1490. The van der Waals surface area contributed by atoms with Gasteiger partial charge in [0.05, 0.1) is 39.6 Å². The average Bonchev–Trinajstić information content (AvgIpc) is 3.36. The summed E-state index contributed by atoms with van der Waals surface area (Å²) in [5, 5.41) is 6.55. The third-order valence-electron chi connectivity index (χ3n) is 5.43. The Morgan fingerprint density at radius 1 is 1.06 bits per heavy atom. The number of aromatic nitrogens is 2. The minimum absolute atomic E-state index is 0.0330. The lowest BCUT2D eigenvalue weighted by atomic mass is 10.1. The number of nitrogens with zero attached hydrogens (tertiary/aromatic N) is 4. The molecule has 0 spiro atoms. The molecule has 1 aliphatic rings. The molecule has 0 saturated carbocycles. The normalized spacial score (nSPS) is 13.4. The molecular formula is C25H18ClFN4O2S. The van der Waals surface area contributed by atoms with Crippen molar-refractivity contribution in [1.82, 2.24) is 14.6 Å². The smallest absolute Gasteiger partial charge is 0.266 e. The van der Waals surface area contributed by atoms with E-state index in [2.05, 4.69) is 10.1 Å². The molecule has 170 valence electrons. The molecule has 0 N–H and O–H groups in total. The SMILES string of the molecule is O=C(CSc1nc2ccccc2c(=O)n1-c1ccc(F)c(Cl)c1)N1CCC(c2ccccc2)=N1. The zero-order chi connectivity index (χ0) is 23.7. The van der Waals surface area contributed by atoms with E-state index in [4.69, 9.17) is 11.6 Å². The average molecular weight is 493 g/mol. The molecule has 0 fully saturated rings. The molecule has 5 rings (SSSR count). The number of carbonyl (C=O) groups is 1. The van der Waals surface area contributed by atoms with E-state index in [0.717, 1.165) is 23.0 Å². The van der Waals surface area contributed by atoms with Crippen molar-refractivity contribution in [2.75, 3.05) is 12.3 Å². The summed E-state index contributed by atoms with van der Waals surface area (Å²) in [4.78, 5) is 30.8. The van der Waals surface area contributed by atoms with Crippen molar-refractivity contribution >= 4 is 45.9 Å². The summed E-state index contributed by atoms with van der Waals surface area (Å²) in [5.74, 6) is -0.745. The van der Waals surface area contributed by atoms with E-state index < -0.39 is 5.82 Å². The Labute approximate surface area is 203 Å². The molecule has 6 nitrogen and oxygen atoms in total. The standard InChI is InChI=1S/C25H18ClFN4O2S/c26-19-14-17(10-11-20(19)27)31-24(33)18-8-4-5-9-22(18)28-25(31)34-15-23(32)30-13-12-21(29-30)16-6-2-1-3-7-16/h1-11,14H,12-13,15H2. The number of fused-ring (bicyclic) bond motifs is 1.